The number of amides is 1. The number of carbonyl (C=O) groups excluding carboxylic acids is 1. The van der Waals surface area contributed by atoms with E-state index in [0.29, 0.717) is 17.0 Å². The van der Waals surface area contributed by atoms with Gasteiger partial charge >= 0.3 is 0 Å². The Labute approximate surface area is 154 Å². The first-order valence-corrected chi connectivity index (χ1v) is 10.2. The molecule has 1 amide bonds. The second-order valence-corrected chi connectivity index (χ2v) is 7.80. The molecule has 2 aromatic rings. The minimum atomic E-state index is -3.48. The summed E-state index contributed by atoms with van der Waals surface area (Å²) in [4.78, 5) is 12.4. The lowest BCUT2D eigenvalue weighted by Gasteiger charge is -2.18. The zero-order valence-electron chi connectivity index (χ0n) is 15.2. The van der Waals surface area contributed by atoms with Gasteiger partial charge in [-0.15, -0.1) is 0 Å². The molecule has 0 spiro atoms. The summed E-state index contributed by atoms with van der Waals surface area (Å²) >= 11 is 0. The van der Waals surface area contributed by atoms with E-state index in [4.69, 9.17) is 4.74 Å². The first-order valence-electron chi connectivity index (χ1n) is 8.30. The third-order valence-corrected chi connectivity index (χ3v) is 4.62. The van der Waals surface area contributed by atoms with Crippen molar-refractivity contribution in [1.29, 1.82) is 0 Å². The molecule has 0 aliphatic carbocycles. The van der Waals surface area contributed by atoms with Crippen molar-refractivity contribution >= 4 is 21.6 Å². The van der Waals surface area contributed by atoms with E-state index >= 15 is 0 Å². The molecule has 0 radical (unpaired) electrons. The number of hydrogen-bond acceptors (Lipinski definition) is 4. The Morgan fingerprint density at radius 2 is 1.69 bits per heavy atom. The zero-order chi connectivity index (χ0) is 19.2. The van der Waals surface area contributed by atoms with Gasteiger partial charge in [-0.25, -0.2) is 13.1 Å². The van der Waals surface area contributed by atoms with Gasteiger partial charge in [-0.3, -0.25) is 4.79 Å². The Bertz CT molecular complexity index is 831. The number of benzene rings is 2. The summed E-state index contributed by atoms with van der Waals surface area (Å²) in [7, 11) is -1.92. The summed E-state index contributed by atoms with van der Waals surface area (Å²) in [5.41, 5.74) is 2.55. The van der Waals surface area contributed by atoms with E-state index in [1.807, 2.05) is 24.3 Å². The molecule has 0 heterocycles. The summed E-state index contributed by atoms with van der Waals surface area (Å²) < 4.78 is 31.0. The van der Waals surface area contributed by atoms with Gasteiger partial charge in [0.25, 0.3) is 0 Å². The number of carbonyl (C=O) groups is 1. The van der Waals surface area contributed by atoms with Crippen molar-refractivity contribution in [2.45, 2.75) is 25.8 Å². The summed E-state index contributed by atoms with van der Waals surface area (Å²) in [6.07, 6.45) is 1.98. The van der Waals surface area contributed by atoms with Crippen molar-refractivity contribution < 1.29 is 17.9 Å². The number of hydrogen-bond donors (Lipinski definition) is 2. The van der Waals surface area contributed by atoms with Crippen LogP contribution in [0.5, 0.6) is 5.75 Å². The first kappa shape index (κ1) is 19.9. The van der Waals surface area contributed by atoms with E-state index in [9.17, 15) is 13.2 Å². The van der Waals surface area contributed by atoms with Crippen molar-refractivity contribution in [3.63, 3.8) is 0 Å². The van der Waals surface area contributed by atoms with Crippen LogP contribution in [-0.4, -0.2) is 27.7 Å². The number of anilines is 1. The fourth-order valence-corrected chi connectivity index (χ4v) is 3.28. The molecule has 0 saturated heterocycles. The number of methoxy groups -OCH3 is 1. The normalized spacial score (nSPS) is 12.4. The number of nitrogens with one attached hydrogen (secondary N) is 2. The summed E-state index contributed by atoms with van der Waals surface area (Å²) in [6, 6.07) is 13.9. The Balaban J connectivity index is 2.12. The molecule has 26 heavy (non-hydrogen) atoms. The second kappa shape index (κ2) is 8.82. The fraction of sp³-hybridized carbons (Fsp3) is 0.316. The van der Waals surface area contributed by atoms with Gasteiger partial charge in [-0.2, -0.15) is 0 Å². The predicted molar refractivity (Wildman–Crippen MR) is 103 cm³/mol. The highest BCUT2D eigenvalue weighted by atomic mass is 32.2. The highest BCUT2D eigenvalue weighted by Gasteiger charge is 2.20. The van der Waals surface area contributed by atoms with Gasteiger partial charge in [0.15, 0.2) is 0 Å². The van der Waals surface area contributed by atoms with Gasteiger partial charge in [0, 0.05) is 12.1 Å². The SMILES string of the molecule is CCc1ccc(NC(=O)C[C@@H](NS(C)(=O)=O)c2ccc(OC)cc2)cc1. The predicted octanol–water partition coefficient (Wildman–Crippen LogP) is 2.88. The van der Waals surface area contributed by atoms with E-state index < -0.39 is 16.1 Å². The molecule has 0 aromatic heterocycles. The molecule has 7 heteroatoms. The number of sulfonamides is 1. The zero-order valence-corrected chi connectivity index (χ0v) is 16.0. The average molecular weight is 376 g/mol. The number of rotatable bonds is 8. The molecule has 2 rings (SSSR count). The summed E-state index contributed by atoms with van der Waals surface area (Å²) in [5.74, 6) is 0.388. The van der Waals surface area contributed by atoms with E-state index in [1.54, 1.807) is 31.4 Å². The van der Waals surface area contributed by atoms with Crippen LogP contribution in [0.1, 0.15) is 30.5 Å². The van der Waals surface area contributed by atoms with Gasteiger partial charge in [0.1, 0.15) is 5.75 Å². The molecular formula is C19H24N2O4S. The van der Waals surface area contributed by atoms with E-state index in [2.05, 4.69) is 17.0 Å². The highest BCUT2D eigenvalue weighted by molar-refractivity contribution is 7.88. The largest absolute Gasteiger partial charge is 0.497 e. The molecule has 0 unspecified atom stereocenters. The van der Waals surface area contributed by atoms with Crippen molar-refractivity contribution in [1.82, 2.24) is 4.72 Å². The Kier molecular flexibility index (Phi) is 6.76. The summed E-state index contributed by atoms with van der Waals surface area (Å²) in [6.45, 7) is 2.06. The second-order valence-electron chi connectivity index (χ2n) is 6.02. The first-order chi connectivity index (χ1) is 12.3. The third-order valence-electron chi connectivity index (χ3n) is 3.91. The molecule has 0 aliphatic heterocycles. The van der Waals surface area contributed by atoms with E-state index in [-0.39, 0.29) is 12.3 Å². The molecule has 2 N–H and O–H groups in total. The molecule has 1 atom stereocenters. The number of ether oxygens (including phenoxy) is 1. The minimum absolute atomic E-state index is 0.0189. The van der Waals surface area contributed by atoms with Gasteiger partial charge < -0.3 is 10.1 Å². The lowest BCUT2D eigenvalue weighted by molar-refractivity contribution is -0.116. The van der Waals surface area contributed by atoms with Crippen LogP contribution in [0.15, 0.2) is 48.5 Å². The van der Waals surface area contributed by atoms with Crippen molar-refractivity contribution in [3.05, 3.63) is 59.7 Å². The molecular weight excluding hydrogens is 352 g/mol. The topological polar surface area (TPSA) is 84.5 Å². The van der Waals surface area contributed by atoms with Crippen LogP contribution in [0.4, 0.5) is 5.69 Å². The maximum Gasteiger partial charge on any atom is 0.226 e. The van der Waals surface area contributed by atoms with Gasteiger partial charge in [-0.1, -0.05) is 31.2 Å². The van der Waals surface area contributed by atoms with Crippen molar-refractivity contribution in [2.75, 3.05) is 18.7 Å². The number of aryl methyl sites for hydroxylation is 1. The van der Waals surface area contributed by atoms with Crippen LogP contribution < -0.4 is 14.8 Å². The molecule has 0 fully saturated rings. The van der Waals surface area contributed by atoms with Crippen molar-refractivity contribution in [2.24, 2.45) is 0 Å². The van der Waals surface area contributed by atoms with Crippen LogP contribution in [-0.2, 0) is 21.2 Å². The van der Waals surface area contributed by atoms with Crippen molar-refractivity contribution in [3.8, 4) is 5.75 Å². The van der Waals surface area contributed by atoms with E-state index in [1.165, 1.54) is 5.56 Å². The van der Waals surface area contributed by atoms with Crippen LogP contribution >= 0.6 is 0 Å². The molecule has 140 valence electrons. The van der Waals surface area contributed by atoms with Gasteiger partial charge in [0.05, 0.1) is 19.4 Å². The highest BCUT2D eigenvalue weighted by Crippen LogP contribution is 2.22. The van der Waals surface area contributed by atoms with Gasteiger partial charge in [0.2, 0.25) is 15.9 Å². The van der Waals surface area contributed by atoms with Crippen LogP contribution in [0.2, 0.25) is 0 Å². The molecule has 0 aliphatic rings. The Morgan fingerprint density at radius 1 is 1.08 bits per heavy atom. The van der Waals surface area contributed by atoms with Crippen LogP contribution in [0.3, 0.4) is 0 Å². The standard InChI is InChI=1S/C19H24N2O4S/c1-4-14-5-9-16(10-6-14)20-19(22)13-18(21-26(3,23)24)15-7-11-17(25-2)12-8-15/h5-12,18,21H,4,13H2,1-3H3,(H,20,22)/t18-/m1/s1. The van der Waals surface area contributed by atoms with Crippen LogP contribution in [0, 0.1) is 0 Å². The lowest BCUT2D eigenvalue weighted by Crippen LogP contribution is -2.30. The molecule has 6 nitrogen and oxygen atoms in total. The van der Waals surface area contributed by atoms with Gasteiger partial charge in [-0.05, 0) is 41.8 Å². The Hall–Kier alpha value is -2.38. The summed E-state index contributed by atoms with van der Waals surface area (Å²) in [5, 5.41) is 2.80. The Morgan fingerprint density at radius 3 is 2.19 bits per heavy atom. The lowest BCUT2D eigenvalue weighted by atomic mass is 10.0. The average Bonchev–Trinajstić information content (AvgIpc) is 2.60. The maximum absolute atomic E-state index is 12.4. The minimum Gasteiger partial charge on any atom is -0.497 e. The third kappa shape index (κ3) is 6.16. The smallest absolute Gasteiger partial charge is 0.226 e. The molecule has 0 saturated carbocycles. The van der Waals surface area contributed by atoms with E-state index in [0.717, 1.165) is 12.7 Å². The fourth-order valence-electron chi connectivity index (χ4n) is 2.54. The quantitative estimate of drug-likeness (QED) is 0.742. The maximum atomic E-state index is 12.4. The molecule has 0 bridgehead atoms. The molecule has 2 aromatic carbocycles. The monoisotopic (exact) mass is 376 g/mol. The van der Waals surface area contributed by atoms with Crippen LogP contribution in [0.25, 0.3) is 0 Å².